The third-order valence-electron chi connectivity index (χ3n) is 4.07. The van der Waals surface area contributed by atoms with E-state index in [1.165, 1.54) is 11.3 Å². The smallest absolute Gasteiger partial charge is 0.272 e. The second-order valence-corrected chi connectivity index (χ2v) is 7.00. The van der Waals surface area contributed by atoms with Gasteiger partial charge in [-0.3, -0.25) is 9.59 Å². The second kappa shape index (κ2) is 9.01. The third kappa shape index (κ3) is 4.86. The zero-order chi connectivity index (χ0) is 19.9. The summed E-state index contributed by atoms with van der Waals surface area (Å²) >= 11 is 1.48. The highest BCUT2D eigenvalue weighted by Crippen LogP contribution is 2.17. The van der Waals surface area contributed by atoms with Crippen LogP contribution >= 0.6 is 11.3 Å². The number of carbonyl (C=O) groups is 2. The SMILES string of the molecule is COc1ccc(C(=O)N/C(=C\c2cccs2)C(=O)Nc2ccccc2C)cc1. The van der Waals surface area contributed by atoms with Crippen molar-refractivity contribution in [1.29, 1.82) is 0 Å². The first-order valence-corrected chi connectivity index (χ1v) is 9.52. The molecule has 142 valence electrons. The molecule has 0 saturated carbocycles. The van der Waals surface area contributed by atoms with Gasteiger partial charge in [-0.05, 0) is 60.3 Å². The zero-order valence-corrected chi connectivity index (χ0v) is 16.4. The maximum Gasteiger partial charge on any atom is 0.272 e. The van der Waals surface area contributed by atoms with E-state index in [1.54, 1.807) is 37.5 Å². The molecule has 2 aromatic carbocycles. The van der Waals surface area contributed by atoms with Gasteiger partial charge in [0.25, 0.3) is 11.8 Å². The summed E-state index contributed by atoms with van der Waals surface area (Å²) in [5.74, 6) is -0.0989. The Labute approximate surface area is 167 Å². The van der Waals surface area contributed by atoms with Gasteiger partial charge in [0, 0.05) is 16.1 Å². The highest BCUT2D eigenvalue weighted by Gasteiger charge is 2.16. The van der Waals surface area contributed by atoms with Crippen molar-refractivity contribution in [2.45, 2.75) is 6.92 Å². The molecular weight excluding hydrogens is 372 g/mol. The van der Waals surface area contributed by atoms with E-state index in [0.717, 1.165) is 10.4 Å². The Morgan fingerprint density at radius 2 is 1.75 bits per heavy atom. The molecule has 0 saturated heterocycles. The summed E-state index contributed by atoms with van der Waals surface area (Å²) in [5, 5.41) is 7.50. The van der Waals surface area contributed by atoms with Crippen LogP contribution in [0.15, 0.2) is 71.7 Å². The number of hydrogen-bond acceptors (Lipinski definition) is 4. The lowest BCUT2D eigenvalue weighted by Gasteiger charge is -2.12. The summed E-state index contributed by atoms with van der Waals surface area (Å²) in [7, 11) is 1.56. The summed E-state index contributed by atoms with van der Waals surface area (Å²) < 4.78 is 5.11. The fraction of sp³-hybridized carbons (Fsp3) is 0.0909. The number of aryl methyl sites for hydroxylation is 1. The van der Waals surface area contributed by atoms with Crippen LogP contribution in [0.1, 0.15) is 20.8 Å². The molecule has 28 heavy (non-hydrogen) atoms. The van der Waals surface area contributed by atoms with E-state index in [-0.39, 0.29) is 17.5 Å². The molecule has 1 heterocycles. The first kappa shape index (κ1) is 19.4. The van der Waals surface area contributed by atoms with Gasteiger partial charge in [0.2, 0.25) is 0 Å². The third-order valence-corrected chi connectivity index (χ3v) is 4.89. The maximum atomic E-state index is 12.8. The van der Waals surface area contributed by atoms with E-state index in [1.807, 2.05) is 48.7 Å². The van der Waals surface area contributed by atoms with Crippen molar-refractivity contribution in [2.75, 3.05) is 12.4 Å². The Bertz CT molecular complexity index is 993. The van der Waals surface area contributed by atoms with Crippen LogP contribution in [0.25, 0.3) is 6.08 Å². The Balaban J connectivity index is 1.83. The van der Waals surface area contributed by atoms with Crippen LogP contribution in [0.2, 0.25) is 0 Å². The first-order valence-electron chi connectivity index (χ1n) is 8.64. The quantitative estimate of drug-likeness (QED) is 0.608. The predicted molar refractivity (Wildman–Crippen MR) is 113 cm³/mol. The molecule has 0 bridgehead atoms. The van der Waals surface area contributed by atoms with Crippen LogP contribution in [0.4, 0.5) is 5.69 Å². The van der Waals surface area contributed by atoms with E-state index in [4.69, 9.17) is 4.74 Å². The predicted octanol–water partition coefficient (Wildman–Crippen LogP) is 4.47. The van der Waals surface area contributed by atoms with E-state index >= 15 is 0 Å². The van der Waals surface area contributed by atoms with Crippen molar-refractivity contribution in [1.82, 2.24) is 5.32 Å². The van der Waals surface area contributed by atoms with Gasteiger partial charge < -0.3 is 15.4 Å². The number of methoxy groups -OCH3 is 1. The standard InChI is InChI=1S/C22H20N2O3S/c1-15-6-3-4-8-19(15)23-22(26)20(14-18-7-5-13-28-18)24-21(25)16-9-11-17(27-2)12-10-16/h3-14H,1-2H3,(H,23,26)(H,24,25)/b20-14-. The van der Waals surface area contributed by atoms with Crippen molar-refractivity contribution >= 4 is 34.9 Å². The first-order chi connectivity index (χ1) is 13.6. The minimum absolute atomic E-state index is 0.173. The summed E-state index contributed by atoms with van der Waals surface area (Å²) in [4.78, 5) is 26.4. The zero-order valence-electron chi connectivity index (χ0n) is 15.6. The van der Waals surface area contributed by atoms with Gasteiger partial charge >= 0.3 is 0 Å². The van der Waals surface area contributed by atoms with E-state index < -0.39 is 0 Å². The molecule has 3 aromatic rings. The van der Waals surface area contributed by atoms with Gasteiger partial charge in [-0.1, -0.05) is 24.3 Å². The number of anilines is 1. The summed E-state index contributed by atoms with van der Waals surface area (Å²) in [6, 6.07) is 17.9. The number of hydrogen-bond donors (Lipinski definition) is 2. The molecule has 0 atom stereocenters. The van der Waals surface area contributed by atoms with Gasteiger partial charge in [0.05, 0.1) is 7.11 Å². The molecule has 1 aromatic heterocycles. The molecule has 2 N–H and O–H groups in total. The highest BCUT2D eigenvalue weighted by atomic mass is 32.1. The largest absolute Gasteiger partial charge is 0.497 e. The summed E-state index contributed by atoms with van der Waals surface area (Å²) in [5.41, 5.74) is 2.24. The number of thiophene rings is 1. The molecule has 0 spiro atoms. The second-order valence-electron chi connectivity index (χ2n) is 6.03. The number of ether oxygens (including phenoxy) is 1. The highest BCUT2D eigenvalue weighted by molar-refractivity contribution is 7.10. The normalized spacial score (nSPS) is 11.0. The minimum atomic E-state index is -0.385. The molecule has 0 aliphatic carbocycles. The number of amides is 2. The number of nitrogens with one attached hydrogen (secondary N) is 2. The lowest BCUT2D eigenvalue weighted by atomic mass is 10.2. The number of benzene rings is 2. The van der Waals surface area contributed by atoms with E-state index in [9.17, 15) is 9.59 Å². The van der Waals surface area contributed by atoms with Crippen LogP contribution in [0, 0.1) is 6.92 Å². The Morgan fingerprint density at radius 1 is 1.00 bits per heavy atom. The minimum Gasteiger partial charge on any atom is -0.497 e. The number of para-hydroxylation sites is 1. The van der Waals surface area contributed by atoms with Crippen molar-refractivity contribution in [3.05, 3.63) is 87.7 Å². The molecular formula is C22H20N2O3S. The Kier molecular flexibility index (Phi) is 6.24. The Hall–Kier alpha value is -3.38. The van der Waals surface area contributed by atoms with Crippen LogP contribution in [0.3, 0.4) is 0 Å². The fourth-order valence-electron chi connectivity index (χ4n) is 2.51. The topological polar surface area (TPSA) is 67.4 Å². The van der Waals surface area contributed by atoms with Gasteiger partial charge in [0.15, 0.2) is 0 Å². The van der Waals surface area contributed by atoms with Crippen LogP contribution in [-0.4, -0.2) is 18.9 Å². The van der Waals surface area contributed by atoms with E-state index in [2.05, 4.69) is 10.6 Å². The lowest BCUT2D eigenvalue weighted by Crippen LogP contribution is -2.30. The molecule has 0 aliphatic rings. The monoisotopic (exact) mass is 392 g/mol. The lowest BCUT2D eigenvalue weighted by molar-refractivity contribution is -0.113. The average molecular weight is 392 g/mol. The van der Waals surface area contributed by atoms with Crippen molar-refractivity contribution in [3.8, 4) is 5.75 Å². The van der Waals surface area contributed by atoms with Crippen LogP contribution in [-0.2, 0) is 4.79 Å². The summed E-state index contributed by atoms with van der Waals surface area (Å²) in [6.45, 7) is 1.91. The molecule has 2 amide bonds. The molecule has 0 fully saturated rings. The maximum absolute atomic E-state index is 12.8. The molecule has 3 rings (SSSR count). The van der Waals surface area contributed by atoms with Gasteiger partial charge in [-0.15, -0.1) is 11.3 Å². The molecule has 0 aliphatic heterocycles. The Morgan fingerprint density at radius 3 is 2.39 bits per heavy atom. The summed E-state index contributed by atoms with van der Waals surface area (Å²) in [6.07, 6.45) is 1.67. The van der Waals surface area contributed by atoms with Crippen LogP contribution in [0.5, 0.6) is 5.75 Å². The molecule has 6 heteroatoms. The molecule has 5 nitrogen and oxygen atoms in total. The fourth-order valence-corrected chi connectivity index (χ4v) is 3.17. The van der Waals surface area contributed by atoms with Crippen LogP contribution < -0.4 is 15.4 Å². The van der Waals surface area contributed by atoms with Gasteiger partial charge in [-0.25, -0.2) is 0 Å². The number of rotatable bonds is 6. The van der Waals surface area contributed by atoms with Crippen molar-refractivity contribution in [3.63, 3.8) is 0 Å². The van der Waals surface area contributed by atoms with Crippen molar-refractivity contribution in [2.24, 2.45) is 0 Å². The molecule has 0 radical (unpaired) electrons. The average Bonchev–Trinajstić information content (AvgIpc) is 3.22. The van der Waals surface area contributed by atoms with Gasteiger partial charge in [-0.2, -0.15) is 0 Å². The number of carbonyl (C=O) groups excluding carboxylic acids is 2. The van der Waals surface area contributed by atoms with Gasteiger partial charge in [0.1, 0.15) is 11.4 Å². The molecule has 0 unspecified atom stereocenters. The van der Waals surface area contributed by atoms with Crippen molar-refractivity contribution < 1.29 is 14.3 Å². The van der Waals surface area contributed by atoms with E-state index in [0.29, 0.717) is 17.0 Å².